The Kier molecular flexibility index (Phi) is 5.69. The molecule has 2 aromatic rings. The van der Waals surface area contributed by atoms with Gasteiger partial charge >= 0.3 is 5.97 Å². The van der Waals surface area contributed by atoms with E-state index in [1.165, 1.54) is 45.6 Å². The van der Waals surface area contributed by atoms with Gasteiger partial charge in [-0.05, 0) is 24.3 Å². The molecule has 0 fully saturated rings. The van der Waals surface area contributed by atoms with Crippen LogP contribution in [-0.4, -0.2) is 38.1 Å². The van der Waals surface area contributed by atoms with Crippen molar-refractivity contribution in [3.63, 3.8) is 0 Å². The minimum atomic E-state index is -0.737. The number of rotatable bonds is 6. The van der Waals surface area contributed by atoms with Crippen LogP contribution >= 0.6 is 11.6 Å². The number of non-ortho nitro benzene ring substituents is 1. The molecule has 0 radical (unpaired) electrons. The van der Waals surface area contributed by atoms with E-state index >= 15 is 0 Å². The summed E-state index contributed by atoms with van der Waals surface area (Å²) in [5.41, 5.74) is 0.388. The van der Waals surface area contributed by atoms with E-state index in [-0.39, 0.29) is 27.9 Å². The Labute approximate surface area is 170 Å². The van der Waals surface area contributed by atoms with Gasteiger partial charge in [0.25, 0.3) is 5.69 Å². The number of hydrogen-bond donors (Lipinski definition) is 0. The van der Waals surface area contributed by atoms with E-state index in [4.69, 9.17) is 30.5 Å². The van der Waals surface area contributed by atoms with E-state index in [0.29, 0.717) is 22.8 Å². The molecular formula is C19H15ClN2O7. The summed E-state index contributed by atoms with van der Waals surface area (Å²) in [6.45, 7) is 0. The van der Waals surface area contributed by atoms with Crippen molar-refractivity contribution >= 4 is 35.2 Å². The van der Waals surface area contributed by atoms with Crippen molar-refractivity contribution in [1.82, 2.24) is 0 Å². The highest BCUT2D eigenvalue weighted by atomic mass is 35.5. The third-order valence-electron chi connectivity index (χ3n) is 4.04. The molecule has 9 nitrogen and oxygen atoms in total. The maximum absolute atomic E-state index is 12.3. The number of methoxy groups -OCH3 is 3. The zero-order chi connectivity index (χ0) is 21.1. The molecule has 1 heterocycles. The zero-order valence-corrected chi connectivity index (χ0v) is 16.4. The number of hydrogen-bond acceptors (Lipinski definition) is 8. The Morgan fingerprint density at radius 3 is 2.45 bits per heavy atom. The molecule has 150 valence electrons. The lowest BCUT2D eigenvalue weighted by Crippen LogP contribution is -2.06. The average Bonchev–Trinajstić information content (AvgIpc) is 3.07. The van der Waals surface area contributed by atoms with Gasteiger partial charge in [0.15, 0.2) is 17.2 Å². The second-order valence-electron chi connectivity index (χ2n) is 5.68. The van der Waals surface area contributed by atoms with Gasteiger partial charge in [-0.25, -0.2) is 9.79 Å². The van der Waals surface area contributed by atoms with Crippen molar-refractivity contribution in [2.75, 3.05) is 21.3 Å². The molecular weight excluding hydrogens is 404 g/mol. The number of nitrogens with zero attached hydrogens (tertiary/aromatic N) is 2. The number of cyclic esters (lactones) is 1. The highest BCUT2D eigenvalue weighted by molar-refractivity contribution is 6.34. The van der Waals surface area contributed by atoms with E-state index in [0.717, 1.165) is 0 Å². The number of nitro benzene ring substituents is 1. The third-order valence-corrected chi connectivity index (χ3v) is 4.37. The van der Waals surface area contributed by atoms with E-state index in [9.17, 15) is 14.9 Å². The maximum atomic E-state index is 12.3. The molecule has 0 bridgehead atoms. The molecule has 0 unspecified atom stereocenters. The van der Waals surface area contributed by atoms with Crippen molar-refractivity contribution in [3.05, 3.63) is 62.3 Å². The van der Waals surface area contributed by atoms with Gasteiger partial charge in [-0.3, -0.25) is 10.1 Å². The van der Waals surface area contributed by atoms with Gasteiger partial charge in [0.2, 0.25) is 11.6 Å². The number of carbonyl (C=O) groups excluding carboxylic acids is 1. The predicted octanol–water partition coefficient (Wildman–Crippen LogP) is 3.62. The summed E-state index contributed by atoms with van der Waals surface area (Å²) in [4.78, 5) is 26.9. The van der Waals surface area contributed by atoms with Gasteiger partial charge in [-0.2, -0.15) is 0 Å². The SMILES string of the molecule is COc1ccc(/C=C2/N=C(c3cc([N+](=O)[O-])ccc3Cl)OC2=O)c(OC)c1OC. The maximum Gasteiger partial charge on any atom is 0.363 e. The van der Waals surface area contributed by atoms with Crippen LogP contribution in [0.25, 0.3) is 6.08 Å². The first-order valence-electron chi connectivity index (χ1n) is 8.15. The van der Waals surface area contributed by atoms with Crippen LogP contribution in [0.1, 0.15) is 11.1 Å². The van der Waals surface area contributed by atoms with E-state index in [2.05, 4.69) is 4.99 Å². The Balaban J connectivity index is 2.07. The van der Waals surface area contributed by atoms with Crippen molar-refractivity contribution in [2.24, 2.45) is 4.99 Å². The summed E-state index contributed by atoms with van der Waals surface area (Å²) in [5.74, 6) is 0.271. The monoisotopic (exact) mass is 418 g/mol. The van der Waals surface area contributed by atoms with Crippen LogP contribution in [0.2, 0.25) is 5.02 Å². The Hall–Kier alpha value is -3.59. The summed E-state index contributed by atoms with van der Waals surface area (Å²) < 4.78 is 21.1. The van der Waals surface area contributed by atoms with Gasteiger partial charge in [-0.15, -0.1) is 0 Å². The number of carbonyl (C=O) groups is 1. The number of halogens is 1. The lowest BCUT2D eigenvalue weighted by molar-refractivity contribution is -0.384. The van der Waals surface area contributed by atoms with E-state index in [1.807, 2.05) is 0 Å². The Bertz CT molecular complexity index is 1060. The van der Waals surface area contributed by atoms with E-state index in [1.54, 1.807) is 12.1 Å². The first kappa shape index (κ1) is 20.2. The third kappa shape index (κ3) is 3.85. The summed E-state index contributed by atoms with van der Waals surface area (Å²) >= 11 is 6.09. The summed E-state index contributed by atoms with van der Waals surface area (Å²) in [7, 11) is 4.40. The molecule has 0 saturated carbocycles. The van der Waals surface area contributed by atoms with Crippen LogP contribution in [0.15, 0.2) is 41.0 Å². The highest BCUT2D eigenvalue weighted by Gasteiger charge is 2.28. The molecule has 0 aromatic heterocycles. The largest absolute Gasteiger partial charge is 0.493 e. The quantitative estimate of drug-likeness (QED) is 0.305. The van der Waals surface area contributed by atoms with Crippen LogP contribution in [-0.2, 0) is 9.53 Å². The second-order valence-corrected chi connectivity index (χ2v) is 6.09. The van der Waals surface area contributed by atoms with Crippen molar-refractivity contribution in [1.29, 1.82) is 0 Å². The minimum absolute atomic E-state index is 0.0342. The number of ether oxygens (including phenoxy) is 4. The second kappa shape index (κ2) is 8.19. The highest BCUT2D eigenvalue weighted by Crippen LogP contribution is 2.41. The van der Waals surface area contributed by atoms with Crippen LogP contribution in [0, 0.1) is 10.1 Å². The van der Waals surface area contributed by atoms with Crippen LogP contribution in [0.3, 0.4) is 0 Å². The summed E-state index contributed by atoms with van der Waals surface area (Å²) in [6.07, 6.45) is 1.45. The topological polar surface area (TPSA) is 109 Å². The molecule has 1 aliphatic rings. The zero-order valence-electron chi connectivity index (χ0n) is 15.6. The molecule has 29 heavy (non-hydrogen) atoms. The van der Waals surface area contributed by atoms with Crippen molar-refractivity contribution in [2.45, 2.75) is 0 Å². The van der Waals surface area contributed by atoms with Gasteiger partial charge < -0.3 is 18.9 Å². The van der Waals surface area contributed by atoms with Crippen molar-refractivity contribution in [3.8, 4) is 17.2 Å². The number of esters is 1. The summed E-state index contributed by atoms with van der Waals surface area (Å²) in [6, 6.07) is 7.08. The molecule has 0 aliphatic carbocycles. The minimum Gasteiger partial charge on any atom is -0.493 e. The standard InChI is InChI=1S/C19H15ClN2O7/c1-26-15-7-4-10(16(27-2)17(15)28-3)8-14-19(23)29-18(21-14)12-9-11(22(24)25)5-6-13(12)20/h4-9H,1-3H3/b14-8+. The average molecular weight is 419 g/mol. The molecule has 0 saturated heterocycles. The number of benzene rings is 2. The normalized spacial score (nSPS) is 14.4. The fourth-order valence-corrected chi connectivity index (χ4v) is 2.90. The first-order chi connectivity index (χ1) is 13.9. The fourth-order valence-electron chi connectivity index (χ4n) is 2.70. The molecule has 0 amide bonds. The molecule has 1 aliphatic heterocycles. The van der Waals surface area contributed by atoms with Gasteiger partial charge in [0.05, 0.1) is 36.8 Å². The molecule has 3 rings (SSSR count). The van der Waals surface area contributed by atoms with Gasteiger partial charge in [0, 0.05) is 17.7 Å². The van der Waals surface area contributed by atoms with Gasteiger partial charge in [0.1, 0.15) is 0 Å². The summed E-state index contributed by atoms with van der Waals surface area (Å²) in [5, 5.41) is 11.2. The molecule has 2 aromatic carbocycles. The molecule has 0 atom stereocenters. The van der Waals surface area contributed by atoms with Crippen molar-refractivity contribution < 1.29 is 28.7 Å². The molecule has 0 spiro atoms. The van der Waals surface area contributed by atoms with Crippen LogP contribution < -0.4 is 14.2 Å². The van der Waals surface area contributed by atoms with Gasteiger partial charge in [-0.1, -0.05) is 11.6 Å². The van der Waals surface area contributed by atoms with Crippen LogP contribution in [0.4, 0.5) is 5.69 Å². The molecule has 0 N–H and O–H groups in total. The number of aliphatic imine (C=N–C) groups is 1. The lowest BCUT2D eigenvalue weighted by Gasteiger charge is -2.14. The van der Waals surface area contributed by atoms with E-state index < -0.39 is 10.9 Å². The first-order valence-corrected chi connectivity index (χ1v) is 8.53. The van der Waals surface area contributed by atoms with Crippen LogP contribution in [0.5, 0.6) is 17.2 Å². The Morgan fingerprint density at radius 1 is 1.10 bits per heavy atom. The Morgan fingerprint density at radius 2 is 1.83 bits per heavy atom. The fraction of sp³-hybridized carbons (Fsp3) is 0.158. The smallest absolute Gasteiger partial charge is 0.363 e. The lowest BCUT2D eigenvalue weighted by atomic mass is 10.1. The predicted molar refractivity (Wildman–Crippen MR) is 105 cm³/mol. The molecule has 10 heteroatoms. The number of nitro groups is 1.